The molecular formula is C23H37N3O2. The molecule has 1 aromatic heterocycles. The van der Waals surface area contributed by atoms with Gasteiger partial charge in [0.1, 0.15) is 5.75 Å². The predicted molar refractivity (Wildman–Crippen MR) is 118 cm³/mol. The minimum atomic E-state index is -0.864. The molecule has 28 heavy (non-hydrogen) atoms. The smallest absolute Gasteiger partial charge is 0.121 e. The lowest BCUT2D eigenvalue weighted by Gasteiger charge is -2.36. The van der Waals surface area contributed by atoms with E-state index in [4.69, 9.17) is 4.74 Å². The molecule has 1 heterocycles. The summed E-state index contributed by atoms with van der Waals surface area (Å²) in [6.07, 6.45) is 1.07. The summed E-state index contributed by atoms with van der Waals surface area (Å²) in [7, 11) is 1.67. The highest BCUT2D eigenvalue weighted by Gasteiger charge is 2.27. The summed E-state index contributed by atoms with van der Waals surface area (Å²) in [4.78, 5) is 7.07. The molecule has 0 fully saturated rings. The molecule has 0 radical (unpaired) electrons. The first-order valence-corrected chi connectivity index (χ1v) is 10.3. The van der Waals surface area contributed by atoms with Crippen molar-refractivity contribution in [3.8, 4) is 5.75 Å². The van der Waals surface area contributed by atoms with Crippen LogP contribution in [0.4, 0.5) is 5.69 Å². The molecule has 2 aromatic rings. The summed E-state index contributed by atoms with van der Waals surface area (Å²) in [6, 6.07) is 8.42. The normalized spacial score (nSPS) is 15.1. The van der Waals surface area contributed by atoms with Crippen molar-refractivity contribution in [2.75, 3.05) is 32.1 Å². The standard InChI is InChI=1S/C23H37N3O2/c1-8-18(5)26(13-16(2)3)15-23(6,27)14-24-21-12-20(28-7)11-19-10-9-17(4)25-22(19)21/h9-12,16,18,24,27H,8,13-15H2,1-7H3. The Labute approximate surface area is 170 Å². The Morgan fingerprint density at radius 2 is 1.96 bits per heavy atom. The highest BCUT2D eigenvalue weighted by Crippen LogP contribution is 2.29. The topological polar surface area (TPSA) is 57.6 Å². The minimum Gasteiger partial charge on any atom is -0.497 e. The van der Waals surface area contributed by atoms with E-state index in [1.807, 2.05) is 32.0 Å². The maximum Gasteiger partial charge on any atom is 0.121 e. The first-order valence-electron chi connectivity index (χ1n) is 10.3. The molecule has 0 aliphatic rings. The van der Waals surface area contributed by atoms with Crippen molar-refractivity contribution < 1.29 is 9.84 Å². The van der Waals surface area contributed by atoms with Crippen LogP contribution in [0.3, 0.4) is 0 Å². The van der Waals surface area contributed by atoms with Crippen LogP contribution in [0.25, 0.3) is 10.9 Å². The number of pyridine rings is 1. The molecule has 5 nitrogen and oxygen atoms in total. The van der Waals surface area contributed by atoms with Gasteiger partial charge in [-0.15, -0.1) is 0 Å². The number of aromatic nitrogens is 1. The van der Waals surface area contributed by atoms with Gasteiger partial charge in [0.2, 0.25) is 0 Å². The highest BCUT2D eigenvalue weighted by atomic mass is 16.5. The summed E-state index contributed by atoms with van der Waals surface area (Å²) in [5.74, 6) is 1.34. The van der Waals surface area contributed by atoms with Crippen molar-refractivity contribution in [1.82, 2.24) is 9.88 Å². The first kappa shape index (κ1) is 22.4. The fourth-order valence-corrected chi connectivity index (χ4v) is 3.46. The molecule has 2 atom stereocenters. The molecule has 0 saturated carbocycles. The van der Waals surface area contributed by atoms with Gasteiger partial charge >= 0.3 is 0 Å². The Balaban J connectivity index is 2.20. The molecule has 0 spiro atoms. The number of ether oxygens (including phenoxy) is 1. The molecule has 2 rings (SSSR count). The average Bonchev–Trinajstić information content (AvgIpc) is 2.64. The number of benzene rings is 1. The highest BCUT2D eigenvalue weighted by molar-refractivity contribution is 5.92. The van der Waals surface area contributed by atoms with E-state index in [2.05, 4.69) is 49.0 Å². The van der Waals surface area contributed by atoms with Crippen molar-refractivity contribution in [3.63, 3.8) is 0 Å². The number of nitrogens with zero attached hydrogens (tertiary/aromatic N) is 2. The van der Waals surface area contributed by atoms with Crippen LogP contribution in [0.15, 0.2) is 24.3 Å². The molecule has 2 N–H and O–H groups in total. The number of nitrogens with one attached hydrogen (secondary N) is 1. The van der Waals surface area contributed by atoms with Gasteiger partial charge in [0.05, 0.1) is 23.9 Å². The Hall–Kier alpha value is -1.85. The van der Waals surface area contributed by atoms with Crippen LogP contribution in [0, 0.1) is 12.8 Å². The van der Waals surface area contributed by atoms with Crippen LogP contribution < -0.4 is 10.1 Å². The van der Waals surface area contributed by atoms with Crippen molar-refractivity contribution in [1.29, 1.82) is 0 Å². The van der Waals surface area contributed by atoms with Crippen molar-refractivity contribution >= 4 is 16.6 Å². The number of rotatable bonds is 10. The Morgan fingerprint density at radius 3 is 2.57 bits per heavy atom. The second-order valence-corrected chi connectivity index (χ2v) is 8.63. The monoisotopic (exact) mass is 387 g/mol. The molecular weight excluding hydrogens is 350 g/mol. The molecule has 0 bridgehead atoms. The van der Waals surface area contributed by atoms with E-state index < -0.39 is 5.60 Å². The Bertz CT molecular complexity index is 774. The van der Waals surface area contributed by atoms with Gasteiger partial charge in [-0.3, -0.25) is 9.88 Å². The van der Waals surface area contributed by atoms with Gasteiger partial charge in [0.15, 0.2) is 0 Å². The van der Waals surface area contributed by atoms with Gasteiger partial charge in [-0.1, -0.05) is 26.8 Å². The van der Waals surface area contributed by atoms with E-state index in [1.54, 1.807) is 7.11 Å². The van der Waals surface area contributed by atoms with Gasteiger partial charge in [0.25, 0.3) is 0 Å². The lowest BCUT2D eigenvalue weighted by atomic mass is 10.0. The van der Waals surface area contributed by atoms with Gasteiger partial charge in [-0.2, -0.15) is 0 Å². The molecule has 0 amide bonds. The van der Waals surface area contributed by atoms with Crippen LogP contribution in [0.5, 0.6) is 5.75 Å². The summed E-state index contributed by atoms with van der Waals surface area (Å²) in [5, 5.41) is 15.5. The third kappa shape index (κ3) is 6.08. The molecule has 0 aliphatic heterocycles. The maximum atomic E-state index is 11.1. The van der Waals surface area contributed by atoms with Crippen molar-refractivity contribution in [2.45, 2.75) is 59.6 Å². The van der Waals surface area contributed by atoms with E-state index in [0.717, 1.165) is 41.0 Å². The van der Waals surface area contributed by atoms with Crippen LogP contribution >= 0.6 is 0 Å². The van der Waals surface area contributed by atoms with Gasteiger partial charge in [-0.05, 0) is 45.2 Å². The van der Waals surface area contributed by atoms with Crippen LogP contribution in [-0.4, -0.2) is 53.4 Å². The zero-order valence-corrected chi connectivity index (χ0v) is 18.5. The third-order valence-corrected chi connectivity index (χ3v) is 5.16. The van der Waals surface area contributed by atoms with E-state index >= 15 is 0 Å². The van der Waals surface area contributed by atoms with Crippen molar-refractivity contribution in [2.24, 2.45) is 5.92 Å². The Kier molecular flexibility index (Phi) is 7.67. The third-order valence-electron chi connectivity index (χ3n) is 5.16. The lowest BCUT2D eigenvalue weighted by Crippen LogP contribution is -2.49. The second kappa shape index (κ2) is 9.57. The van der Waals surface area contributed by atoms with E-state index in [9.17, 15) is 5.11 Å². The van der Waals surface area contributed by atoms with Gasteiger partial charge < -0.3 is 15.2 Å². The van der Waals surface area contributed by atoms with Crippen LogP contribution in [-0.2, 0) is 0 Å². The summed E-state index contributed by atoms with van der Waals surface area (Å²) >= 11 is 0. The molecule has 1 aromatic carbocycles. The summed E-state index contributed by atoms with van der Waals surface area (Å²) in [5.41, 5.74) is 1.89. The number of aryl methyl sites for hydroxylation is 1. The average molecular weight is 388 g/mol. The number of hydrogen-bond donors (Lipinski definition) is 2. The maximum absolute atomic E-state index is 11.1. The second-order valence-electron chi connectivity index (χ2n) is 8.63. The fraction of sp³-hybridized carbons (Fsp3) is 0.609. The molecule has 2 unspecified atom stereocenters. The number of methoxy groups -OCH3 is 1. The van der Waals surface area contributed by atoms with E-state index in [-0.39, 0.29) is 0 Å². The predicted octanol–water partition coefficient (Wildman–Crippen LogP) is 4.47. The largest absolute Gasteiger partial charge is 0.497 e. The van der Waals surface area contributed by atoms with E-state index in [1.165, 1.54) is 0 Å². The molecule has 0 aliphatic carbocycles. The SMILES string of the molecule is CCC(C)N(CC(C)C)CC(C)(O)CNc1cc(OC)cc2ccc(C)nc12. The number of anilines is 1. The van der Waals surface area contributed by atoms with Crippen molar-refractivity contribution in [3.05, 3.63) is 30.0 Å². The summed E-state index contributed by atoms with van der Waals surface area (Å²) in [6.45, 7) is 14.8. The summed E-state index contributed by atoms with van der Waals surface area (Å²) < 4.78 is 5.44. The van der Waals surface area contributed by atoms with Gasteiger partial charge in [0, 0.05) is 42.8 Å². The number of fused-ring (bicyclic) bond motifs is 1. The number of hydrogen-bond acceptors (Lipinski definition) is 5. The minimum absolute atomic E-state index is 0.440. The van der Waals surface area contributed by atoms with Crippen LogP contribution in [0.1, 0.15) is 46.7 Å². The fourth-order valence-electron chi connectivity index (χ4n) is 3.46. The molecule has 0 saturated heterocycles. The zero-order chi connectivity index (χ0) is 20.9. The zero-order valence-electron chi connectivity index (χ0n) is 18.5. The first-order chi connectivity index (χ1) is 13.1. The van der Waals surface area contributed by atoms with Crippen LogP contribution in [0.2, 0.25) is 0 Å². The number of aliphatic hydroxyl groups is 1. The molecule has 5 heteroatoms. The molecule has 156 valence electrons. The lowest BCUT2D eigenvalue weighted by molar-refractivity contribution is 0.0137. The Morgan fingerprint density at radius 1 is 1.25 bits per heavy atom. The van der Waals surface area contributed by atoms with Gasteiger partial charge in [-0.25, -0.2) is 0 Å². The van der Waals surface area contributed by atoms with E-state index in [0.29, 0.717) is 25.0 Å². The quantitative estimate of drug-likeness (QED) is 0.630.